The summed E-state index contributed by atoms with van der Waals surface area (Å²) in [6.45, 7) is 4.15. The van der Waals surface area contributed by atoms with Crippen molar-refractivity contribution in [1.82, 2.24) is 0 Å². The van der Waals surface area contributed by atoms with Gasteiger partial charge >= 0.3 is 0 Å². The number of ketones is 1. The lowest BCUT2D eigenvalue weighted by atomic mass is 9.68. The van der Waals surface area contributed by atoms with Gasteiger partial charge in [0.15, 0.2) is 17.3 Å². The number of allylic oxidation sites excluding steroid dienone is 3. The van der Waals surface area contributed by atoms with E-state index in [-0.39, 0.29) is 17.0 Å². The van der Waals surface area contributed by atoms with E-state index in [9.17, 15) is 15.3 Å². The van der Waals surface area contributed by atoms with Crippen molar-refractivity contribution in [3.8, 4) is 23.6 Å². The number of carbonyl (C=O) groups excluding carboxylic acids is 1. The first kappa shape index (κ1) is 25.9. The van der Waals surface area contributed by atoms with Gasteiger partial charge in [-0.05, 0) is 60.8 Å². The number of ether oxygens (including phenoxy) is 2. The molecule has 5 rings (SSSR count). The number of nitrogens with two attached hydrogens (primary N) is 1. The van der Waals surface area contributed by atoms with Gasteiger partial charge in [-0.2, -0.15) is 10.5 Å². The van der Waals surface area contributed by atoms with Gasteiger partial charge in [-0.25, -0.2) is 0 Å². The first-order valence-corrected chi connectivity index (χ1v) is 13.8. The van der Waals surface area contributed by atoms with Crippen LogP contribution in [0.3, 0.4) is 0 Å². The van der Waals surface area contributed by atoms with E-state index in [1.807, 2.05) is 17.0 Å². The second-order valence-electron chi connectivity index (χ2n) is 11.0. The molecule has 38 heavy (non-hydrogen) atoms. The lowest BCUT2D eigenvalue weighted by Gasteiger charge is -2.43. The van der Waals surface area contributed by atoms with Crippen molar-refractivity contribution in [2.75, 3.05) is 19.1 Å². The molecule has 0 fully saturated rings. The van der Waals surface area contributed by atoms with Gasteiger partial charge in [0.05, 0.1) is 37.3 Å². The Bertz CT molecular complexity index is 1470. The van der Waals surface area contributed by atoms with E-state index in [4.69, 9.17) is 15.2 Å². The molecule has 8 heteroatoms. The average molecular weight is 529 g/mol. The topological polar surface area (TPSA) is 112 Å². The fourth-order valence-electron chi connectivity index (χ4n) is 6.11. The zero-order valence-corrected chi connectivity index (χ0v) is 23.1. The Kier molecular flexibility index (Phi) is 6.71. The molecule has 0 spiro atoms. The summed E-state index contributed by atoms with van der Waals surface area (Å²) in [5.41, 5.74) is 10.7. The molecule has 1 aliphatic heterocycles. The van der Waals surface area contributed by atoms with Gasteiger partial charge in [0.2, 0.25) is 0 Å². The van der Waals surface area contributed by atoms with Crippen LogP contribution >= 0.6 is 11.3 Å². The maximum atomic E-state index is 13.9. The molecule has 0 saturated heterocycles. The molecule has 1 aromatic carbocycles. The van der Waals surface area contributed by atoms with E-state index < -0.39 is 5.92 Å². The Balaban J connectivity index is 1.77. The molecule has 0 amide bonds. The molecular formula is C30H32N4O3S. The fourth-order valence-corrected chi connectivity index (χ4v) is 7.49. The summed E-state index contributed by atoms with van der Waals surface area (Å²) in [5, 5.41) is 21.4. The second-order valence-corrected chi connectivity index (χ2v) is 12.0. The number of carbonyl (C=O) groups is 1. The summed E-state index contributed by atoms with van der Waals surface area (Å²) < 4.78 is 10.9. The van der Waals surface area contributed by atoms with Crippen LogP contribution in [0.2, 0.25) is 0 Å². The normalized spacial score (nSPS) is 20.7. The Hall–Kier alpha value is -3.75. The average Bonchev–Trinajstić information content (AvgIpc) is 3.06. The molecule has 196 valence electrons. The van der Waals surface area contributed by atoms with E-state index in [0.717, 1.165) is 53.9 Å². The van der Waals surface area contributed by atoms with Gasteiger partial charge in [-0.3, -0.25) is 9.69 Å². The number of hydrogen-bond donors (Lipinski definition) is 1. The molecule has 1 atom stereocenters. The first-order chi connectivity index (χ1) is 18.2. The number of methoxy groups -OCH3 is 2. The maximum Gasteiger partial charge on any atom is 0.162 e. The number of thiophene rings is 1. The van der Waals surface area contributed by atoms with Crippen molar-refractivity contribution < 1.29 is 14.3 Å². The zero-order valence-electron chi connectivity index (χ0n) is 22.3. The molecule has 1 unspecified atom stereocenters. The monoisotopic (exact) mass is 528 g/mol. The highest BCUT2D eigenvalue weighted by atomic mass is 32.1. The Labute approximate surface area is 227 Å². The standard InChI is InChI=1S/C30H32N4O3S/c1-30(2)13-21-27(22(35)14-30)26(17-10-11-23(36-3)24(12-17)37-4)20(16-32)28(33)34(21)29-19(15-31)18-8-6-5-7-9-25(18)38-29/h10-12,26H,5-9,13-14,33H2,1-4H3. The molecule has 1 aromatic heterocycles. The summed E-state index contributed by atoms with van der Waals surface area (Å²) in [4.78, 5) is 16.9. The molecule has 0 radical (unpaired) electrons. The number of nitrogens with zero attached hydrogens (tertiary/aromatic N) is 3. The van der Waals surface area contributed by atoms with Crippen molar-refractivity contribution in [2.24, 2.45) is 11.1 Å². The van der Waals surface area contributed by atoms with E-state index in [0.29, 0.717) is 41.1 Å². The van der Waals surface area contributed by atoms with Crippen molar-refractivity contribution in [2.45, 2.75) is 64.7 Å². The minimum Gasteiger partial charge on any atom is -0.493 e. The maximum absolute atomic E-state index is 13.9. The van der Waals surface area contributed by atoms with Crippen LogP contribution in [0.5, 0.6) is 11.5 Å². The lowest BCUT2D eigenvalue weighted by molar-refractivity contribution is -0.118. The van der Waals surface area contributed by atoms with Crippen LogP contribution in [0, 0.1) is 28.1 Å². The van der Waals surface area contributed by atoms with Crippen LogP contribution in [0.15, 0.2) is 40.9 Å². The fraction of sp³-hybridized carbons (Fsp3) is 0.433. The molecular weight excluding hydrogens is 496 g/mol. The van der Waals surface area contributed by atoms with Gasteiger partial charge in [0.25, 0.3) is 0 Å². The van der Waals surface area contributed by atoms with Gasteiger partial charge < -0.3 is 15.2 Å². The summed E-state index contributed by atoms with van der Waals surface area (Å²) in [6.07, 6.45) is 6.06. The van der Waals surface area contributed by atoms with E-state index in [2.05, 4.69) is 26.0 Å². The minimum atomic E-state index is -0.627. The number of hydrogen-bond acceptors (Lipinski definition) is 8. The molecule has 7 nitrogen and oxygen atoms in total. The van der Waals surface area contributed by atoms with E-state index in [1.165, 1.54) is 4.88 Å². The highest BCUT2D eigenvalue weighted by Gasteiger charge is 2.46. The molecule has 2 aromatic rings. The number of benzene rings is 1. The second kappa shape index (κ2) is 9.85. The third-order valence-corrected chi connectivity index (χ3v) is 9.12. The Morgan fingerprint density at radius 3 is 2.47 bits per heavy atom. The first-order valence-electron chi connectivity index (χ1n) is 13.0. The molecule has 0 bridgehead atoms. The quantitative estimate of drug-likeness (QED) is 0.496. The molecule has 2 aliphatic carbocycles. The van der Waals surface area contributed by atoms with Crippen LogP contribution in [0.25, 0.3) is 0 Å². The number of nitriles is 2. The highest BCUT2D eigenvalue weighted by Crippen LogP contribution is 2.53. The van der Waals surface area contributed by atoms with Gasteiger partial charge in [0, 0.05) is 22.6 Å². The number of aryl methyl sites for hydroxylation is 1. The SMILES string of the molecule is COc1ccc(C2C(C#N)=C(N)N(c3sc4c(c3C#N)CCCCC4)C3=C2C(=O)CC(C)(C)C3)cc1OC. The van der Waals surface area contributed by atoms with Crippen molar-refractivity contribution >= 4 is 22.1 Å². The minimum absolute atomic E-state index is 0.00193. The van der Waals surface area contributed by atoms with Crippen LogP contribution in [-0.4, -0.2) is 20.0 Å². The van der Waals surface area contributed by atoms with Crippen LogP contribution in [0.4, 0.5) is 5.00 Å². The number of fused-ring (bicyclic) bond motifs is 1. The van der Waals surface area contributed by atoms with Crippen LogP contribution in [-0.2, 0) is 17.6 Å². The highest BCUT2D eigenvalue weighted by molar-refractivity contribution is 7.16. The number of rotatable bonds is 4. The van der Waals surface area contributed by atoms with E-state index in [1.54, 1.807) is 31.6 Å². The summed E-state index contributed by atoms with van der Waals surface area (Å²) in [6, 6.07) is 10.2. The molecule has 3 aliphatic rings. The van der Waals surface area contributed by atoms with E-state index >= 15 is 0 Å². The Morgan fingerprint density at radius 2 is 1.79 bits per heavy atom. The van der Waals surface area contributed by atoms with Gasteiger partial charge in [0.1, 0.15) is 16.9 Å². The summed E-state index contributed by atoms with van der Waals surface area (Å²) in [7, 11) is 3.13. The number of Topliss-reactive ketones (excluding diaryl/α,β-unsaturated/α-hetero) is 1. The largest absolute Gasteiger partial charge is 0.493 e. The summed E-state index contributed by atoms with van der Waals surface area (Å²) >= 11 is 1.59. The zero-order chi connectivity index (χ0) is 27.2. The predicted molar refractivity (Wildman–Crippen MR) is 147 cm³/mol. The van der Waals surface area contributed by atoms with Crippen molar-refractivity contribution in [3.63, 3.8) is 0 Å². The molecule has 0 saturated carbocycles. The molecule has 2 heterocycles. The Morgan fingerprint density at radius 1 is 1.05 bits per heavy atom. The van der Waals surface area contributed by atoms with Crippen LogP contribution < -0.4 is 20.1 Å². The van der Waals surface area contributed by atoms with Gasteiger partial charge in [-0.15, -0.1) is 11.3 Å². The smallest absolute Gasteiger partial charge is 0.162 e. The third kappa shape index (κ3) is 4.14. The number of anilines is 1. The van der Waals surface area contributed by atoms with Gasteiger partial charge in [-0.1, -0.05) is 26.3 Å². The predicted octanol–water partition coefficient (Wildman–Crippen LogP) is 5.85. The third-order valence-electron chi connectivity index (χ3n) is 7.84. The van der Waals surface area contributed by atoms with Crippen molar-refractivity contribution in [3.05, 3.63) is 62.4 Å². The lowest BCUT2D eigenvalue weighted by Crippen LogP contribution is -2.42. The summed E-state index contributed by atoms with van der Waals surface area (Å²) in [5.74, 6) is 0.733. The van der Waals surface area contributed by atoms with Crippen molar-refractivity contribution in [1.29, 1.82) is 10.5 Å². The molecule has 2 N–H and O–H groups in total. The van der Waals surface area contributed by atoms with Crippen LogP contribution in [0.1, 0.15) is 73.4 Å².